The number of carbonyl (C=O) groups is 1. The lowest BCUT2D eigenvalue weighted by atomic mass is 9.71. The molecule has 286 valence electrons. The zero-order chi connectivity index (χ0) is 37.2. The molecule has 2 fully saturated rings. The van der Waals surface area contributed by atoms with Gasteiger partial charge in [0.25, 0.3) is 0 Å². The molecule has 10 heteroatoms. The number of carbonyl (C=O) groups excluding carboxylic acids is 1. The zero-order valence-electron chi connectivity index (χ0n) is 32.0. The fourth-order valence-corrected chi connectivity index (χ4v) is 8.34. The molecule has 3 N–H and O–H groups in total. The minimum absolute atomic E-state index is 0.0290. The predicted molar refractivity (Wildman–Crippen MR) is 193 cm³/mol. The second-order valence-electron chi connectivity index (χ2n) is 15.9. The average molecular weight is 715 g/mol. The Hall–Kier alpha value is -2.15. The normalized spacial score (nSPS) is 47.2. The molecule has 4 heterocycles. The lowest BCUT2D eigenvalue weighted by molar-refractivity contribution is -0.300. The van der Waals surface area contributed by atoms with E-state index in [4.69, 9.17) is 28.4 Å². The second-order valence-corrected chi connectivity index (χ2v) is 15.9. The van der Waals surface area contributed by atoms with E-state index in [1.54, 1.807) is 33.1 Å². The first kappa shape index (κ1) is 40.0. The topological polar surface area (TPSA) is 133 Å². The maximum Gasteiger partial charge on any atom is 0.316 e. The molecule has 0 aromatic carbocycles. The molecule has 15 unspecified atom stereocenters. The molecule has 0 aromatic rings. The maximum atomic E-state index is 14.1. The van der Waals surface area contributed by atoms with Crippen LogP contribution in [0.1, 0.15) is 93.9 Å². The van der Waals surface area contributed by atoms with E-state index in [2.05, 4.69) is 39.8 Å². The summed E-state index contributed by atoms with van der Waals surface area (Å²) in [6.45, 7) is 16.0. The number of hydrogen-bond acceptors (Lipinski definition) is 10. The molecule has 2 saturated heterocycles. The Morgan fingerprint density at radius 3 is 2.45 bits per heavy atom. The van der Waals surface area contributed by atoms with Gasteiger partial charge in [0.1, 0.15) is 23.7 Å². The lowest BCUT2D eigenvalue weighted by Crippen LogP contribution is -2.54. The van der Waals surface area contributed by atoms with Crippen LogP contribution < -0.4 is 0 Å². The number of ether oxygens (including phenoxy) is 6. The van der Waals surface area contributed by atoms with Gasteiger partial charge in [0.2, 0.25) is 0 Å². The van der Waals surface area contributed by atoms with Gasteiger partial charge in [0.05, 0.1) is 36.6 Å². The third-order valence-corrected chi connectivity index (χ3v) is 12.0. The van der Waals surface area contributed by atoms with E-state index in [-0.39, 0.29) is 30.5 Å². The first-order chi connectivity index (χ1) is 24.1. The summed E-state index contributed by atoms with van der Waals surface area (Å²) >= 11 is 0. The summed E-state index contributed by atoms with van der Waals surface area (Å²) in [4.78, 5) is 14.1. The standard InChI is InChI=1S/C41H62O10/c1-10-23(2)38-26(5)16-17-40(51-38)21-31-19-30(50-40)15-14-25(4)37(49-35-20-34(46-9)36(43)29(8)47-35)24(3)12-11-13-28(7)41(45)22-33(42)27(6)18-32(41)39(44)48-31/h11-14,16-18,23-24,26,29-38,42-43,45H,10,15,19-22H2,1-9H3/b12-11-,25-14-,28-13-. The van der Waals surface area contributed by atoms with Gasteiger partial charge >= 0.3 is 5.97 Å². The number of methoxy groups -OCH3 is 1. The Kier molecular flexibility index (Phi) is 12.9. The Balaban J connectivity index is 1.54. The predicted octanol–water partition coefficient (Wildman–Crippen LogP) is 5.85. The molecule has 1 aliphatic carbocycles. The molecule has 0 aromatic heterocycles. The molecular formula is C41H62O10. The summed E-state index contributed by atoms with van der Waals surface area (Å²) in [5, 5.41) is 33.6. The number of allylic oxidation sites excluding steroid dienone is 2. The van der Waals surface area contributed by atoms with Crippen molar-refractivity contribution in [2.45, 2.75) is 160 Å². The summed E-state index contributed by atoms with van der Waals surface area (Å²) in [6.07, 6.45) is 11.7. The lowest BCUT2D eigenvalue weighted by Gasteiger charge is -2.48. The van der Waals surface area contributed by atoms with Gasteiger partial charge in [0, 0.05) is 44.6 Å². The number of hydrogen-bond donors (Lipinski definition) is 3. The highest BCUT2D eigenvalue weighted by molar-refractivity contribution is 5.78. The molecule has 5 rings (SSSR count). The highest BCUT2D eigenvalue weighted by Crippen LogP contribution is 2.44. The van der Waals surface area contributed by atoms with Gasteiger partial charge in [-0.25, -0.2) is 0 Å². The van der Waals surface area contributed by atoms with Crippen molar-refractivity contribution in [3.63, 3.8) is 0 Å². The molecule has 4 aliphatic heterocycles. The Morgan fingerprint density at radius 1 is 1.00 bits per heavy atom. The van der Waals surface area contributed by atoms with Gasteiger partial charge < -0.3 is 43.7 Å². The highest BCUT2D eigenvalue weighted by atomic mass is 16.7. The Morgan fingerprint density at radius 2 is 1.75 bits per heavy atom. The van der Waals surface area contributed by atoms with Crippen LogP contribution in [-0.2, 0) is 33.2 Å². The first-order valence-electron chi connectivity index (χ1n) is 19.0. The third-order valence-electron chi connectivity index (χ3n) is 12.0. The molecule has 0 amide bonds. The van der Waals surface area contributed by atoms with E-state index in [0.717, 1.165) is 12.0 Å². The summed E-state index contributed by atoms with van der Waals surface area (Å²) in [5.41, 5.74) is 0.490. The smallest absolute Gasteiger partial charge is 0.316 e. The minimum Gasteiger partial charge on any atom is -0.462 e. The molecule has 1 spiro atoms. The number of fused-ring (bicyclic) bond motifs is 3. The van der Waals surface area contributed by atoms with Crippen molar-refractivity contribution in [1.82, 2.24) is 0 Å². The van der Waals surface area contributed by atoms with Gasteiger partial charge in [-0.15, -0.1) is 0 Å². The van der Waals surface area contributed by atoms with E-state index in [1.165, 1.54) is 0 Å². The van der Waals surface area contributed by atoms with Crippen molar-refractivity contribution in [3.8, 4) is 0 Å². The van der Waals surface area contributed by atoms with Gasteiger partial charge in [-0.2, -0.15) is 0 Å². The van der Waals surface area contributed by atoms with E-state index in [1.807, 2.05) is 32.1 Å². The van der Waals surface area contributed by atoms with Crippen LogP contribution in [0.15, 0.2) is 59.3 Å². The van der Waals surface area contributed by atoms with E-state index in [0.29, 0.717) is 42.7 Å². The first-order valence-corrected chi connectivity index (χ1v) is 19.0. The summed E-state index contributed by atoms with van der Waals surface area (Å²) in [5.74, 6) is -2.25. The highest BCUT2D eigenvalue weighted by Gasteiger charge is 2.51. The van der Waals surface area contributed by atoms with Crippen LogP contribution in [0.5, 0.6) is 0 Å². The van der Waals surface area contributed by atoms with Crippen LogP contribution in [0.3, 0.4) is 0 Å². The number of aliphatic hydroxyl groups is 3. The molecule has 51 heavy (non-hydrogen) atoms. The van der Waals surface area contributed by atoms with Gasteiger partial charge in [-0.1, -0.05) is 70.6 Å². The van der Waals surface area contributed by atoms with Gasteiger partial charge in [0.15, 0.2) is 12.1 Å². The average Bonchev–Trinajstić information content (AvgIpc) is 3.09. The van der Waals surface area contributed by atoms with Gasteiger partial charge in [-0.3, -0.25) is 4.79 Å². The monoisotopic (exact) mass is 714 g/mol. The van der Waals surface area contributed by atoms with Crippen molar-refractivity contribution in [3.05, 3.63) is 59.3 Å². The Labute approximate surface area is 304 Å². The number of aliphatic hydroxyl groups excluding tert-OH is 2. The van der Waals surface area contributed by atoms with Crippen molar-refractivity contribution < 1.29 is 48.5 Å². The largest absolute Gasteiger partial charge is 0.462 e. The van der Waals surface area contributed by atoms with Crippen LogP contribution in [0.25, 0.3) is 0 Å². The van der Waals surface area contributed by atoms with Crippen LogP contribution >= 0.6 is 0 Å². The molecule has 2 bridgehead atoms. The molecule has 15 atom stereocenters. The SMILES string of the molecule is CCC(C)C1OC2(C=CC1C)CC1CC(C/C=C(/C)C(OC3CC(OC)C(O)C(C)O3)C(C)/C=C\C=C(\C)C3(O)CC(O)C(C)=CC3C(=O)O1)O2. The number of esters is 1. The molecule has 5 aliphatic rings. The van der Waals surface area contributed by atoms with Crippen LogP contribution in [-0.4, -0.2) is 94.9 Å². The van der Waals surface area contributed by atoms with Crippen LogP contribution in [0, 0.1) is 23.7 Å². The maximum absolute atomic E-state index is 14.1. The quantitative estimate of drug-likeness (QED) is 0.235. The van der Waals surface area contributed by atoms with Crippen molar-refractivity contribution in [1.29, 1.82) is 0 Å². The third kappa shape index (κ3) is 8.81. The Bertz CT molecular complexity index is 1380. The van der Waals surface area contributed by atoms with Crippen molar-refractivity contribution >= 4 is 5.97 Å². The van der Waals surface area contributed by atoms with E-state index >= 15 is 0 Å². The van der Waals surface area contributed by atoms with E-state index in [9.17, 15) is 20.1 Å². The van der Waals surface area contributed by atoms with Crippen LogP contribution in [0.2, 0.25) is 0 Å². The number of rotatable bonds is 5. The van der Waals surface area contributed by atoms with Crippen molar-refractivity contribution in [2.75, 3.05) is 7.11 Å². The summed E-state index contributed by atoms with van der Waals surface area (Å²) in [7, 11) is 1.58. The zero-order valence-corrected chi connectivity index (χ0v) is 32.0. The second kappa shape index (κ2) is 16.5. The van der Waals surface area contributed by atoms with Crippen molar-refractivity contribution in [2.24, 2.45) is 23.7 Å². The molecule has 0 saturated carbocycles. The van der Waals surface area contributed by atoms with Crippen LogP contribution in [0.4, 0.5) is 0 Å². The van der Waals surface area contributed by atoms with Gasteiger partial charge in [-0.05, 0) is 62.8 Å². The summed E-state index contributed by atoms with van der Waals surface area (Å²) < 4.78 is 38.3. The van der Waals surface area contributed by atoms with E-state index < -0.39 is 66.2 Å². The fraction of sp³-hybridized carbons (Fsp3) is 0.732. The molecular weight excluding hydrogens is 652 g/mol. The minimum atomic E-state index is -1.66. The molecule has 10 nitrogen and oxygen atoms in total. The summed E-state index contributed by atoms with van der Waals surface area (Å²) in [6, 6.07) is 0. The molecule has 0 radical (unpaired) electrons. The fourth-order valence-electron chi connectivity index (χ4n) is 8.34.